The Hall–Kier alpha value is -2.07. The number of esters is 1. The van der Waals surface area contributed by atoms with E-state index in [2.05, 4.69) is 62.5 Å². The summed E-state index contributed by atoms with van der Waals surface area (Å²) in [7, 11) is 0. The highest BCUT2D eigenvalue weighted by Crippen LogP contribution is 2.39. The third kappa shape index (κ3) is 6.20. The van der Waals surface area contributed by atoms with Gasteiger partial charge in [0.2, 0.25) is 0 Å². The van der Waals surface area contributed by atoms with Crippen molar-refractivity contribution in [3.8, 4) is 5.75 Å². The monoisotopic (exact) mass is 397 g/mol. The first-order chi connectivity index (χ1) is 13.8. The first-order valence-electron chi connectivity index (χ1n) is 10.9. The summed E-state index contributed by atoms with van der Waals surface area (Å²) >= 11 is 0. The Kier molecular flexibility index (Phi) is 7.18. The number of carbonyl (C=O) groups is 1. The molecule has 0 radical (unpaired) electrons. The van der Waals surface area contributed by atoms with Gasteiger partial charge >= 0.3 is 5.97 Å². The zero-order valence-corrected chi connectivity index (χ0v) is 18.3. The quantitative estimate of drug-likeness (QED) is 0.629. The molecule has 2 aromatic rings. The molecule has 1 aliphatic carbocycles. The highest BCUT2D eigenvalue weighted by Gasteiger charge is 2.30. The van der Waals surface area contributed by atoms with Crippen LogP contribution < -0.4 is 10.1 Å². The second-order valence-electron chi connectivity index (χ2n) is 9.21. The Morgan fingerprint density at radius 2 is 1.72 bits per heavy atom. The smallest absolute Gasteiger partial charge is 0.319 e. The minimum absolute atomic E-state index is 0.216. The minimum Gasteiger partial charge on any atom is -0.490 e. The van der Waals surface area contributed by atoms with Crippen molar-refractivity contribution in [3.05, 3.63) is 42.0 Å². The van der Waals surface area contributed by atoms with Gasteiger partial charge in [0, 0.05) is 6.54 Å². The molecule has 1 saturated carbocycles. The summed E-state index contributed by atoms with van der Waals surface area (Å²) in [5.41, 5.74) is 1.55. The average molecular weight is 398 g/mol. The van der Waals surface area contributed by atoms with Crippen molar-refractivity contribution >= 4 is 16.7 Å². The topological polar surface area (TPSA) is 47.6 Å². The van der Waals surface area contributed by atoms with E-state index >= 15 is 0 Å². The van der Waals surface area contributed by atoms with E-state index in [1.54, 1.807) is 0 Å². The van der Waals surface area contributed by atoms with Crippen LogP contribution in [0, 0.1) is 11.3 Å². The van der Waals surface area contributed by atoms with E-state index < -0.39 is 0 Å². The number of benzene rings is 2. The standard InChI is InChI=1S/C25H35NO3/c1-5-28-24(27)17-26-16-18-6-7-20-15-23(11-8-19(20)14-18)29-22-12-9-21(10-13-22)25(2,3)4/h6-8,11,14-15,21-22,26H,5,9-10,12-13,16-17H2,1-4H3/t21-,22-. The zero-order valence-electron chi connectivity index (χ0n) is 18.3. The van der Waals surface area contributed by atoms with E-state index in [9.17, 15) is 4.79 Å². The molecule has 0 heterocycles. The molecule has 1 N–H and O–H groups in total. The number of carbonyl (C=O) groups excluding carboxylic acids is 1. The van der Waals surface area contributed by atoms with Gasteiger partial charge in [-0.05, 0) is 78.5 Å². The molecule has 0 atom stereocenters. The van der Waals surface area contributed by atoms with E-state index in [4.69, 9.17) is 9.47 Å². The van der Waals surface area contributed by atoms with Crippen LogP contribution in [0.25, 0.3) is 10.8 Å². The molecule has 1 fully saturated rings. The Labute approximate surface area is 175 Å². The first kappa shape index (κ1) is 21.6. The lowest BCUT2D eigenvalue weighted by Gasteiger charge is -2.37. The van der Waals surface area contributed by atoms with Gasteiger partial charge in [0.1, 0.15) is 5.75 Å². The predicted octanol–water partition coefficient (Wildman–Crippen LogP) is 5.48. The highest BCUT2D eigenvalue weighted by atomic mass is 16.5. The molecule has 4 heteroatoms. The fourth-order valence-corrected chi connectivity index (χ4v) is 4.22. The fourth-order valence-electron chi connectivity index (χ4n) is 4.22. The second-order valence-corrected chi connectivity index (χ2v) is 9.21. The Bertz CT molecular complexity index is 816. The Morgan fingerprint density at radius 1 is 1.03 bits per heavy atom. The molecule has 1 aliphatic rings. The summed E-state index contributed by atoms with van der Waals surface area (Å²) < 4.78 is 11.2. The molecule has 4 nitrogen and oxygen atoms in total. The van der Waals surface area contributed by atoms with Crippen molar-refractivity contribution in [3.63, 3.8) is 0 Å². The van der Waals surface area contributed by atoms with E-state index in [0.717, 1.165) is 30.1 Å². The minimum atomic E-state index is -0.216. The second kappa shape index (κ2) is 9.62. The van der Waals surface area contributed by atoms with E-state index in [-0.39, 0.29) is 12.5 Å². The summed E-state index contributed by atoms with van der Waals surface area (Å²) in [5.74, 6) is 1.55. The van der Waals surface area contributed by atoms with Crippen LogP contribution in [0.5, 0.6) is 5.75 Å². The van der Waals surface area contributed by atoms with Gasteiger partial charge in [-0.2, -0.15) is 0 Å². The molecule has 158 valence electrons. The molecule has 0 saturated heterocycles. The summed E-state index contributed by atoms with van der Waals surface area (Å²) in [6.45, 7) is 10.2. The van der Waals surface area contributed by atoms with Gasteiger partial charge in [-0.15, -0.1) is 0 Å². The van der Waals surface area contributed by atoms with Crippen LogP contribution in [0.15, 0.2) is 36.4 Å². The van der Waals surface area contributed by atoms with Crippen LogP contribution in [0.2, 0.25) is 0 Å². The predicted molar refractivity (Wildman–Crippen MR) is 118 cm³/mol. The SMILES string of the molecule is CCOC(=O)CNCc1ccc2cc(O[C@H]3CC[C@H](C(C)(C)C)CC3)ccc2c1. The van der Waals surface area contributed by atoms with E-state index in [0.29, 0.717) is 24.7 Å². The number of ether oxygens (including phenoxy) is 2. The molecule has 29 heavy (non-hydrogen) atoms. The van der Waals surface area contributed by atoms with Gasteiger partial charge in [-0.3, -0.25) is 4.79 Å². The van der Waals surface area contributed by atoms with Crippen LogP contribution in [0.3, 0.4) is 0 Å². The molecular formula is C25H35NO3. The van der Waals surface area contributed by atoms with Crippen LogP contribution >= 0.6 is 0 Å². The van der Waals surface area contributed by atoms with Crippen LogP contribution in [0.4, 0.5) is 0 Å². The maximum Gasteiger partial charge on any atom is 0.319 e. The third-order valence-electron chi connectivity index (χ3n) is 5.98. The van der Waals surface area contributed by atoms with Crippen LogP contribution in [0.1, 0.15) is 58.9 Å². The molecule has 3 rings (SSSR count). The lowest BCUT2D eigenvalue weighted by Crippen LogP contribution is -2.30. The highest BCUT2D eigenvalue weighted by molar-refractivity contribution is 5.84. The molecule has 0 aliphatic heterocycles. The summed E-state index contributed by atoms with van der Waals surface area (Å²) in [6.07, 6.45) is 5.13. The fraction of sp³-hybridized carbons (Fsp3) is 0.560. The number of fused-ring (bicyclic) bond motifs is 1. The Morgan fingerprint density at radius 3 is 2.41 bits per heavy atom. The third-order valence-corrected chi connectivity index (χ3v) is 5.98. The maximum atomic E-state index is 11.4. The molecule has 0 unspecified atom stereocenters. The van der Waals surface area contributed by atoms with Crippen molar-refractivity contribution in [2.75, 3.05) is 13.2 Å². The van der Waals surface area contributed by atoms with Gasteiger partial charge < -0.3 is 14.8 Å². The van der Waals surface area contributed by atoms with Crippen molar-refractivity contribution in [2.24, 2.45) is 11.3 Å². The average Bonchev–Trinajstić information content (AvgIpc) is 2.68. The normalized spacial score (nSPS) is 19.9. The summed E-state index contributed by atoms with van der Waals surface area (Å²) in [6, 6.07) is 12.7. The Balaban J connectivity index is 1.55. The van der Waals surface area contributed by atoms with Gasteiger partial charge in [0.05, 0.1) is 19.3 Å². The first-order valence-corrected chi connectivity index (χ1v) is 10.9. The molecule has 2 aromatic carbocycles. The maximum absolute atomic E-state index is 11.4. The lowest BCUT2D eigenvalue weighted by atomic mass is 9.72. The van der Waals surface area contributed by atoms with Gasteiger partial charge in [-0.25, -0.2) is 0 Å². The van der Waals surface area contributed by atoms with Gasteiger partial charge in [0.25, 0.3) is 0 Å². The molecule has 0 amide bonds. The van der Waals surface area contributed by atoms with E-state index in [1.807, 2.05) is 6.92 Å². The van der Waals surface area contributed by atoms with Crippen LogP contribution in [-0.2, 0) is 16.1 Å². The van der Waals surface area contributed by atoms with Crippen molar-refractivity contribution in [2.45, 2.75) is 66.0 Å². The van der Waals surface area contributed by atoms with Crippen molar-refractivity contribution in [1.82, 2.24) is 5.32 Å². The molecular weight excluding hydrogens is 362 g/mol. The summed E-state index contributed by atoms with van der Waals surface area (Å²) in [4.78, 5) is 11.4. The number of rotatable bonds is 7. The largest absolute Gasteiger partial charge is 0.490 e. The van der Waals surface area contributed by atoms with E-state index in [1.165, 1.54) is 23.6 Å². The van der Waals surface area contributed by atoms with Gasteiger partial charge in [-0.1, -0.05) is 39.0 Å². The number of hydrogen-bond donors (Lipinski definition) is 1. The molecule has 0 spiro atoms. The number of hydrogen-bond acceptors (Lipinski definition) is 4. The zero-order chi connectivity index (χ0) is 20.9. The number of nitrogens with one attached hydrogen (secondary N) is 1. The van der Waals surface area contributed by atoms with Crippen molar-refractivity contribution in [1.29, 1.82) is 0 Å². The van der Waals surface area contributed by atoms with Gasteiger partial charge in [0.15, 0.2) is 0 Å². The van der Waals surface area contributed by atoms with Crippen molar-refractivity contribution < 1.29 is 14.3 Å². The molecule has 0 aromatic heterocycles. The van der Waals surface area contributed by atoms with Crippen LogP contribution in [-0.4, -0.2) is 25.2 Å². The molecule has 0 bridgehead atoms. The summed E-state index contributed by atoms with van der Waals surface area (Å²) in [5, 5.41) is 5.50. The lowest BCUT2D eigenvalue weighted by molar-refractivity contribution is -0.142.